The number of carbonyl (C=O) groups excluding carboxylic acids is 1. The number of carbonyl (C=O) groups is 1. The second-order valence-electron chi connectivity index (χ2n) is 5.01. The van der Waals surface area contributed by atoms with Gasteiger partial charge < -0.3 is 4.42 Å². The van der Waals surface area contributed by atoms with Gasteiger partial charge in [0.05, 0.1) is 0 Å². The van der Waals surface area contributed by atoms with E-state index in [1.54, 1.807) is 6.07 Å². The summed E-state index contributed by atoms with van der Waals surface area (Å²) in [5, 5.41) is 0. The largest absolute Gasteiger partial charge is 0.435 e. The van der Waals surface area contributed by atoms with Gasteiger partial charge in [0, 0.05) is 18.5 Å². The average molecular weight is 246 g/mol. The van der Waals surface area contributed by atoms with Crippen molar-refractivity contribution in [1.82, 2.24) is 9.55 Å². The van der Waals surface area contributed by atoms with E-state index in [-0.39, 0.29) is 0 Å². The molecule has 1 saturated carbocycles. The minimum absolute atomic E-state index is 0.366. The Hall–Kier alpha value is -1.58. The third kappa shape index (κ3) is 1.76. The van der Waals surface area contributed by atoms with Gasteiger partial charge in [-0.15, -0.1) is 0 Å². The van der Waals surface area contributed by atoms with E-state index in [4.69, 9.17) is 4.42 Å². The normalized spacial score (nSPS) is 17.4. The predicted molar refractivity (Wildman–Crippen MR) is 68.9 cm³/mol. The van der Waals surface area contributed by atoms with E-state index in [9.17, 15) is 4.79 Å². The van der Waals surface area contributed by atoms with E-state index in [1.165, 1.54) is 32.1 Å². The monoisotopic (exact) mass is 246 g/mol. The zero-order valence-electron chi connectivity index (χ0n) is 10.7. The van der Waals surface area contributed by atoms with Gasteiger partial charge in [-0.3, -0.25) is 9.36 Å². The molecular weight excluding hydrogens is 228 g/mol. The summed E-state index contributed by atoms with van der Waals surface area (Å²) in [7, 11) is 0. The van der Waals surface area contributed by atoms with Crippen LogP contribution < -0.4 is 0 Å². The van der Waals surface area contributed by atoms with Crippen molar-refractivity contribution in [3.05, 3.63) is 17.7 Å². The van der Waals surface area contributed by atoms with E-state index in [2.05, 4.69) is 16.5 Å². The first-order chi connectivity index (χ1) is 8.83. The second-order valence-corrected chi connectivity index (χ2v) is 5.01. The number of aldehydes is 1. The summed E-state index contributed by atoms with van der Waals surface area (Å²) in [5.41, 5.74) is 1.57. The van der Waals surface area contributed by atoms with Crippen LogP contribution in [-0.4, -0.2) is 15.8 Å². The Labute approximate surface area is 106 Å². The number of imidazole rings is 1. The SMILES string of the molecule is CCn1c(C2CCCCC2)nc2cc(C=O)oc21. The Morgan fingerprint density at radius 2 is 2.22 bits per heavy atom. The number of rotatable bonds is 3. The number of hydrogen-bond donors (Lipinski definition) is 0. The maximum Gasteiger partial charge on any atom is 0.227 e. The highest BCUT2D eigenvalue weighted by atomic mass is 16.4. The van der Waals surface area contributed by atoms with E-state index in [1.807, 2.05) is 0 Å². The number of aryl methyl sites for hydroxylation is 1. The molecule has 0 radical (unpaired) electrons. The predicted octanol–water partition coefficient (Wildman–Crippen LogP) is 3.51. The molecule has 0 N–H and O–H groups in total. The maximum atomic E-state index is 10.7. The van der Waals surface area contributed by atoms with Gasteiger partial charge in [0.1, 0.15) is 11.3 Å². The van der Waals surface area contributed by atoms with Crippen LogP contribution in [0.3, 0.4) is 0 Å². The first-order valence-electron chi connectivity index (χ1n) is 6.78. The third-order valence-electron chi connectivity index (χ3n) is 3.87. The molecule has 18 heavy (non-hydrogen) atoms. The molecule has 1 aliphatic carbocycles. The van der Waals surface area contributed by atoms with Gasteiger partial charge in [0.2, 0.25) is 5.71 Å². The first kappa shape index (κ1) is 11.5. The van der Waals surface area contributed by atoms with Crippen LogP contribution in [0.5, 0.6) is 0 Å². The van der Waals surface area contributed by atoms with Crippen LogP contribution in [0.25, 0.3) is 11.2 Å². The van der Waals surface area contributed by atoms with Crippen molar-refractivity contribution in [2.75, 3.05) is 0 Å². The minimum Gasteiger partial charge on any atom is -0.435 e. The van der Waals surface area contributed by atoms with Crippen molar-refractivity contribution in [3.63, 3.8) is 0 Å². The standard InChI is InChI=1S/C14H18N2O2/c1-2-16-13(10-6-4-3-5-7-10)15-12-8-11(9-17)18-14(12)16/h8-10H,2-7H2,1H3. The summed E-state index contributed by atoms with van der Waals surface area (Å²) < 4.78 is 7.67. The van der Waals surface area contributed by atoms with Crippen LogP contribution in [0, 0.1) is 0 Å². The van der Waals surface area contributed by atoms with Crippen molar-refractivity contribution in [2.24, 2.45) is 0 Å². The van der Waals surface area contributed by atoms with Crippen LogP contribution in [0.15, 0.2) is 10.5 Å². The lowest BCUT2D eigenvalue weighted by Crippen LogP contribution is -2.11. The Balaban J connectivity index is 2.05. The van der Waals surface area contributed by atoms with E-state index in [0.717, 1.165) is 29.9 Å². The molecule has 2 heterocycles. The number of fused-ring (bicyclic) bond motifs is 1. The number of hydrogen-bond acceptors (Lipinski definition) is 3. The lowest BCUT2D eigenvalue weighted by Gasteiger charge is -2.21. The second kappa shape index (κ2) is 4.59. The molecule has 0 saturated heterocycles. The molecule has 0 amide bonds. The zero-order valence-corrected chi connectivity index (χ0v) is 10.7. The summed E-state index contributed by atoms with van der Waals surface area (Å²) in [5.74, 6) is 2.06. The fourth-order valence-electron chi connectivity index (χ4n) is 2.99. The molecule has 2 aromatic rings. The zero-order chi connectivity index (χ0) is 12.5. The lowest BCUT2D eigenvalue weighted by molar-refractivity contribution is 0.110. The average Bonchev–Trinajstić information content (AvgIpc) is 2.96. The molecule has 3 rings (SSSR count). The molecule has 96 valence electrons. The number of nitrogens with zero attached hydrogens (tertiary/aromatic N) is 2. The molecule has 0 aromatic carbocycles. The topological polar surface area (TPSA) is 48.0 Å². The summed E-state index contributed by atoms with van der Waals surface area (Å²) in [6.45, 7) is 2.94. The van der Waals surface area contributed by atoms with Crippen molar-refractivity contribution >= 4 is 17.5 Å². The van der Waals surface area contributed by atoms with Gasteiger partial charge in [-0.1, -0.05) is 19.3 Å². The van der Waals surface area contributed by atoms with Crippen LogP contribution in [0.4, 0.5) is 0 Å². The van der Waals surface area contributed by atoms with E-state index < -0.39 is 0 Å². The van der Waals surface area contributed by atoms with Crippen LogP contribution >= 0.6 is 0 Å². The highest BCUT2D eigenvalue weighted by Gasteiger charge is 2.23. The smallest absolute Gasteiger partial charge is 0.227 e. The van der Waals surface area contributed by atoms with Gasteiger partial charge in [-0.2, -0.15) is 0 Å². The number of furan rings is 1. The molecule has 0 bridgehead atoms. The van der Waals surface area contributed by atoms with Gasteiger partial charge in [-0.25, -0.2) is 4.98 Å². The van der Waals surface area contributed by atoms with Crippen molar-refractivity contribution in [2.45, 2.75) is 51.5 Å². The van der Waals surface area contributed by atoms with Gasteiger partial charge in [0.25, 0.3) is 0 Å². The highest BCUT2D eigenvalue weighted by molar-refractivity contribution is 5.81. The van der Waals surface area contributed by atoms with E-state index >= 15 is 0 Å². The molecule has 4 heteroatoms. The van der Waals surface area contributed by atoms with Crippen molar-refractivity contribution < 1.29 is 9.21 Å². The molecule has 0 spiro atoms. The highest BCUT2D eigenvalue weighted by Crippen LogP contribution is 2.34. The molecule has 0 atom stereocenters. The summed E-state index contributed by atoms with van der Waals surface area (Å²) in [6, 6.07) is 1.74. The molecule has 2 aromatic heterocycles. The number of aromatic nitrogens is 2. The first-order valence-corrected chi connectivity index (χ1v) is 6.78. The van der Waals surface area contributed by atoms with Gasteiger partial charge in [-0.05, 0) is 19.8 Å². The fraction of sp³-hybridized carbons (Fsp3) is 0.571. The van der Waals surface area contributed by atoms with Gasteiger partial charge >= 0.3 is 0 Å². The van der Waals surface area contributed by atoms with Crippen LogP contribution in [0.1, 0.15) is 61.3 Å². The van der Waals surface area contributed by atoms with E-state index in [0.29, 0.717) is 11.7 Å². The third-order valence-corrected chi connectivity index (χ3v) is 3.87. The fourth-order valence-corrected chi connectivity index (χ4v) is 2.99. The van der Waals surface area contributed by atoms with Gasteiger partial charge in [0.15, 0.2) is 12.0 Å². The Morgan fingerprint density at radius 3 is 2.89 bits per heavy atom. The summed E-state index contributed by atoms with van der Waals surface area (Å²) in [4.78, 5) is 15.4. The summed E-state index contributed by atoms with van der Waals surface area (Å²) >= 11 is 0. The van der Waals surface area contributed by atoms with Crippen LogP contribution in [0.2, 0.25) is 0 Å². The quantitative estimate of drug-likeness (QED) is 0.778. The Kier molecular flexibility index (Phi) is 2.94. The van der Waals surface area contributed by atoms with Crippen molar-refractivity contribution in [1.29, 1.82) is 0 Å². The molecule has 1 aliphatic rings. The maximum absolute atomic E-state index is 10.7. The molecular formula is C14H18N2O2. The molecule has 1 fully saturated rings. The lowest BCUT2D eigenvalue weighted by atomic mass is 9.88. The molecule has 4 nitrogen and oxygen atoms in total. The van der Waals surface area contributed by atoms with Crippen LogP contribution in [-0.2, 0) is 6.54 Å². The minimum atomic E-state index is 0.366. The Bertz CT molecular complexity index is 562. The summed E-state index contributed by atoms with van der Waals surface area (Å²) in [6.07, 6.45) is 7.11. The molecule has 0 unspecified atom stereocenters. The Morgan fingerprint density at radius 1 is 1.44 bits per heavy atom. The van der Waals surface area contributed by atoms with Crippen molar-refractivity contribution in [3.8, 4) is 0 Å². The molecule has 0 aliphatic heterocycles.